The van der Waals surface area contributed by atoms with Crippen molar-refractivity contribution in [3.8, 4) is 0 Å². The molecule has 1 aromatic rings. The van der Waals surface area contributed by atoms with E-state index in [2.05, 4.69) is 32.6 Å². The molecule has 1 aromatic heterocycles. The maximum Gasteiger partial charge on any atom is 0.147 e. The minimum absolute atomic E-state index is 0.439. The summed E-state index contributed by atoms with van der Waals surface area (Å²) in [6, 6.07) is 0. The summed E-state index contributed by atoms with van der Waals surface area (Å²) in [5.74, 6) is 1.27. The molecule has 2 rings (SSSR count). The van der Waals surface area contributed by atoms with E-state index < -0.39 is 0 Å². The number of hydrogen-bond acceptors (Lipinski definition) is 2. The molecule has 0 N–H and O–H groups in total. The fourth-order valence-electron chi connectivity index (χ4n) is 2.13. The zero-order chi connectivity index (χ0) is 11.5. The maximum atomic E-state index is 6.04. The molecule has 5 heteroatoms. The first-order valence-electron chi connectivity index (χ1n) is 5.57. The molecular weight excluding hydrogens is 358 g/mol. The molecule has 1 saturated carbocycles. The zero-order valence-corrected chi connectivity index (χ0v) is 12.5. The van der Waals surface area contributed by atoms with Crippen LogP contribution in [0.1, 0.15) is 50.3 Å². The molecule has 1 aliphatic carbocycles. The van der Waals surface area contributed by atoms with E-state index in [9.17, 15) is 0 Å². The van der Waals surface area contributed by atoms with Crippen molar-refractivity contribution in [1.29, 1.82) is 0 Å². The van der Waals surface area contributed by atoms with E-state index in [0.29, 0.717) is 16.2 Å². The smallest absolute Gasteiger partial charge is 0.147 e. The van der Waals surface area contributed by atoms with Crippen LogP contribution in [0.2, 0.25) is 10.3 Å². The summed E-state index contributed by atoms with van der Waals surface area (Å²) in [6.07, 6.45) is 7.48. The molecule has 0 atom stereocenters. The van der Waals surface area contributed by atoms with Crippen molar-refractivity contribution in [2.75, 3.05) is 0 Å². The van der Waals surface area contributed by atoms with Crippen LogP contribution in [0, 0.1) is 3.57 Å². The lowest BCUT2D eigenvalue weighted by Gasteiger charge is -2.13. The van der Waals surface area contributed by atoms with Gasteiger partial charge in [0.05, 0.1) is 3.57 Å². The van der Waals surface area contributed by atoms with E-state index in [1.807, 2.05) is 0 Å². The molecule has 0 radical (unpaired) electrons. The quantitative estimate of drug-likeness (QED) is 0.402. The molecule has 0 saturated heterocycles. The minimum Gasteiger partial charge on any atom is -0.220 e. The van der Waals surface area contributed by atoms with Gasteiger partial charge in [-0.3, -0.25) is 0 Å². The van der Waals surface area contributed by atoms with E-state index in [1.54, 1.807) is 0 Å². The van der Waals surface area contributed by atoms with Gasteiger partial charge in [-0.05, 0) is 35.4 Å². The Morgan fingerprint density at radius 3 is 1.94 bits per heavy atom. The highest BCUT2D eigenvalue weighted by Crippen LogP contribution is 2.32. The molecule has 0 amide bonds. The van der Waals surface area contributed by atoms with E-state index in [4.69, 9.17) is 23.2 Å². The Labute approximate surface area is 119 Å². The summed E-state index contributed by atoms with van der Waals surface area (Å²) in [4.78, 5) is 8.72. The number of aromatic nitrogens is 2. The average molecular weight is 371 g/mol. The first-order chi connectivity index (χ1) is 7.68. The van der Waals surface area contributed by atoms with Gasteiger partial charge in [0, 0.05) is 5.92 Å². The van der Waals surface area contributed by atoms with Crippen molar-refractivity contribution >= 4 is 45.8 Å². The number of nitrogens with zero attached hydrogens (tertiary/aromatic N) is 2. The summed E-state index contributed by atoms with van der Waals surface area (Å²) in [7, 11) is 0. The van der Waals surface area contributed by atoms with Crippen LogP contribution < -0.4 is 0 Å². The molecule has 0 bridgehead atoms. The highest BCUT2D eigenvalue weighted by atomic mass is 127. The van der Waals surface area contributed by atoms with E-state index in [0.717, 1.165) is 22.2 Å². The second kappa shape index (κ2) is 5.83. The average Bonchev–Trinajstić information content (AvgIpc) is 2.53. The van der Waals surface area contributed by atoms with Crippen molar-refractivity contribution < 1.29 is 0 Å². The van der Waals surface area contributed by atoms with Gasteiger partial charge in [0.1, 0.15) is 16.1 Å². The van der Waals surface area contributed by atoms with Gasteiger partial charge in [-0.1, -0.05) is 48.9 Å². The molecule has 0 spiro atoms. The van der Waals surface area contributed by atoms with Crippen molar-refractivity contribution in [2.45, 2.75) is 44.4 Å². The Balaban J connectivity index is 2.25. The predicted octanol–water partition coefficient (Wildman–Crippen LogP) is 4.83. The van der Waals surface area contributed by atoms with Crippen molar-refractivity contribution in [1.82, 2.24) is 9.97 Å². The number of hydrogen-bond donors (Lipinski definition) is 0. The van der Waals surface area contributed by atoms with Gasteiger partial charge in [-0.2, -0.15) is 0 Å². The Kier molecular flexibility index (Phi) is 4.67. The van der Waals surface area contributed by atoms with Crippen LogP contribution >= 0.6 is 45.8 Å². The van der Waals surface area contributed by atoms with E-state index in [1.165, 1.54) is 25.7 Å². The molecule has 2 nitrogen and oxygen atoms in total. The van der Waals surface area contributed by atoms with Crippen LogP contribution in [0.25, 0.3) is 0 Å². The standard InChI is InChI=1S/C11H13Cl2IN2/c12-9-8(14)10(13)16-11(15-9)7-5-3-1-2-4-6-7/h7H,1-6H2. The van der Waals surface area contributed by atoms with Crippen LogP contribution in [0.15, 0.2) is 0 Å². The van der Waals surface area contributed by atoms with Crippen LogP contribution in [0.5, 0.6) is 0 Å². The van der Waals surface area contributed by atoms with Gasteiger partial charge >= 0.3 is 0 Å². The lowest BCUT2D eigenvalue weighted by atomic mass is 10.00. The molecule has 0 aromatic carbocycles. The summed E-state index contributed by atoms with van der Waals surface area (Å²) < 4.78 is 0.748. The van der Waals surface area contributed by atoms with Crippen LogP contribution in [-0.2, 0) is 0 Å². The molecule has 0 unspecified atom stereocenters. The topological polar surface area (TPSA) is 25.8 Å². The lowest BCUT2D eigenvalue weighted by molar-refractivity contribution is 0.560. The fourth-order valence-corrected chi connectivity index (χ4v) is 2.77. The molecular formula is C11H13Cl2IN2. The number of rotatable bonds is 1. The molecule has 88 valence electrons. The first kappa shape index (κ1) is 12.8. The molecule has 0 aliphatic heterocycles. The summed E-state index contributed by atoms with van der Waals surface area (Å²) in [6.45, 7) is 0. The van der Waals surface area contributed by atoms with Crippen LogP contribution in [-0.4, -0.2) is 9.97 Å². The second-order valence-electron chi connectivity index (χ2n) is 4.17. The fraction of sp³-hybridized carbons (Fsp3) is 0.636. The van der Waals surface area contributed by atoms with E-state index in [-0.39, 0.29) is 0 Å². The third kappa shape index (κ3) is 2.99. The van der Waals surface area contributed by atoms with E-state index >= 15 is 0 Å². The summed E-state index contributed by atoms with van der Waals surface area (Å²) in [5.41, 5.74) is 0. The van der Waals surface area contributed by atoms with Gasteiger partial charge in [0.2, 0.25) is 0 Å². The van der Waals surface area contributed by atoms with Gasteiger partial charge in [-0.25, -0.2) is 9.97 Å². The molecule has 1 heterocycles. The van der Waals surface area contributed by atoms with Crippen molar-refractivity contribution in [3.05, 3.63) is 19.7 Å². The highest BCUT2D eigenvalue weighted by Gasteiger charge is 2.19. The summed E-state index contributed by atoms with van der Waals surface area (Å²) >= 11 is 14.1. The third-order valence-electron chi connectivity index (χ3n) is 3.01. The van der Waals surface area contributed by atoms with Gasteiger partial charge in [0.25, 0.3) is 0 Å². The largest absolute Gasteiger partial charge is 0.220 e. The maximum absolute atomic E-state index is 6.04. The molecule has 16 heavy (non-hydrogen) atoms. The summed E-state index contributed by atoms with van der Waals surface area (Å²) in [5, 5.41) is 0.972. The third-order valence-corrected chi connectivity index (χ3v) is 5.21. The Bertz CT molecular complexity index is 353. The van der Waals surface area contributed by atoms with Crippen LogP contribution in [0.4, 0.5) is 0 Å². The normalized spacial score (nSPS) is 18.4. The Morgan fingerprint density at radius 2 is 1.44 bits per heavy atom. The van der Waals surface area contributed by atoms with Gasteiger partial charge < -0.3 is 0 Å². The highest BCUT2D eigenvalue weighted by molar-refractivity contribution is 14.1. The van der Waals surface area contributed by atoms with Crippen molar-refractivity contribution in [2.24, 2.45) is 0 Å². The minimum atomic E-state index is 0.439. The zero-order valence-electron chi connectivity index (χ0n) is 8.85. The SMILES string of the molecule is Clc1nc(C2CCCCCC2)nc(Cl)c1I. The monoisotopic (exact) mass is 370 g/mol. The number of halogens is 3. The van der Waals surface area contributed by atoms with Gasteiger partial charge in [0.15, 0.2) is 0 Å². The van der Waals surface area contributed by atoms with Gasteiger partial charge in [-0.15, -0.1) is 0 Å². The first-order valence-corrected chi connectivity index (χ1v) is 7.40. The Hall–Kier alpha value is 0.390. The van der Waals surface area contributed by atoms with Crippen LogP contribution in [0.3, 0.4) is 0 Å². The predicted molar refractivity (Wildman–Crippen MR) is 75.2 cm³/mol. The molecule has 1 aliphatic rings. The lowest BCUT2D eigenvalue weighted by Crippen LogP contribution is -2.05. The second-order valence-corrected chi connectivity index (χ2v) is 5.96. The Morgan fingerprint density at radius 1 is 0.938 bits per heavy atom. The molecule has 1 fully saturated rings. The van der Waals surface area contributed by atoms with Crippen molar-refractivity contribution in [3.63, 3.8) is 0 Å².